The van der Waals surface area contributed by atoms with Crippen molar-refractivity contribution in [1.82, 2.24) is 4.98 Å². The Balaban J connectivity index is 0.00000144. The first kappa shape index (κ1) is 15.1. The van der Waals surface area contributed by atoms with Crippen LogP contribution in [0.5, 0.6) is 11.5 Å². The molecule has 1 aromatic carbocycles. The number of nitrogens with zero attached hydrogens (tertiary/aromatic N) is 1. The number of thiazole rings is 1. The van der Waals surface area contributed by atoms with Gasteiger partial charge < -0.3 is 20.5 Å². The lowest BCUT2D eigenvalue weighted by Crippen LogP contribution is -2.37. The number of carbonyl (C=O) groups excluding carboxylic acids is 1. The van der Waals surface area contributed by atoms with Crippen molar-refractivity contribution >= 4 is 34.8 Å². The van der Waals surface area contributed by atoms with Crippen LogP contribution in [0.15, 0.2) is 23.6 Å². The van der Waals surface area contributed by atoms with E-state index in [0.717, 1.165) is 29.8 Å². The number of hydrogen-bond acceptors (Lipinski definition) is 6. The normalized spacial score (nSPS) is 16.8. The maximum absolute atomic E-state index is 11.9. The third kappa shape index (κ3) is 2.63. The summed E-state index contributed by atoms with van der Waals surface area (Å²) >= 11 is 1.38. The number of carbonyl (C=O) groups is 1. The maximum Gasteiger partial charge on any atom is 0.246 e. The number of amides is 1. The fourth-order valence-corrected chi connectivity index (χ4v) is 2.82. The molecule has 1 fully saturated rings. The Morgan fingerprint density at radius 1 is 1.32 bits per heavy atom. The molecule has 1 saturated carbocycles. The van der Waals surface area contributed by atoms with Crippen LogP contribution in [0.4, 0.5) is 5.13 Å². The van der Waals surface area contributed by atoms with Crippen molar-refractivity contribution in [2.45, 2.75) is 18.4 Å². The van der Waals surface area contributed by atoms with Gasteiger partial charge in [-0.15, -0.1) is 23.7 Å². The average Bonchev–Trinajstić information content (AvgIpc) is 2.93. The Hall–Kier alpha value is -1.83. The van der Waals surface area contributed by atoms with Gasteiger partial charge in [0.25, 0.3) is 0 Å². The molecule has 0 atom stereocenters. The van der Waals surface area contributed by atoms with Gasteiger partial charge in [-0.05, 0) is 31.0 Å². The highest BCUT2D eigenvalue weighted by atomic mass is 35.5. The van der Waals surface area contributed by atoms with E-state index in [1.165, 1.54) is 11.3 Å². The molecule has 1 aliphatic heterocycles. The van der Waals surface area contributed by atoms with Gasteiger partial charge in [-0.3, -0.25) is 4.79 Å². The first-order valence-corrected chi connectivity index (χ1v) is 7.48. The molecule has 116 valence electrons. The van der Waals surface area contributed by atoms with Gasteiger partial charge in [0.1, 0.15) is 0 Å². The summed E-state index contributed by atoms with van der Waals surface area (Å²) in [7, 11) is 0. The van der Waals surface area contributed by atoms with Gasteiger partial charge in [-0.1, -0.05) is 0 Å². The summed E-state index contributed by atoms with van der Waals surface area (Å²) in [5, 5.41) is 5.23. The van der Waals surface area contributed by atoms with Gasteiger partial charge >= 0.3 is 0 Å². The molecule has 2 heterocycles. The first-order valence-electron chi connectivity index (χ1n) is 6.60. The molecule has 2 aromatic rings. The molecule has 0 saturated heterocycles. The molecule has 0 bridgehead atoms. The van der Waals surface area contributed by atoms with Gasteiger partial charge in [0.2, 0.25) is 12.7 Å². The fraction of sp³-hybridized carbons (Fsp3) is 0.286. The van der Waals surface area contributed by atoms with E-state index in [9.17, 15) is 4.79 Å². The second kappa shape index (κ2) is 5.42. The predicted molar refractivity (Wildman–Crippen MR) is 85.7 cm³/mol. The molecule has 1 aromatic heterocycles. The number of ether oxygens (including phenoxy) is 2. The lowest BCUT2D eigenvalue weighted by Gasteiger charge is -2.06. The highest BCUT2D eigenvalue weighted by Gasteiger charge is 2.46. The number of fused-ring (bicyclic) bond motifs is 1. The fourth-order valence-electron chi connectivity index (χ4n) is 2.10. The Bertz CT molecular complexity index is 730. The van der Waals surface area contributed by atoms with E-state index in [0.29, 0.717) is 10.9 Å². The van der Waals surface area contributed by atoms with Crippen molar-refractivity contribution in [2.75, 3.05) is 12.1 Å². The number of nitrogens with two attached hydrogens (primary N) is 1. The minimum absolute atomic E-state index is 0. The van der Waals surface area contributed by atoms with Crippen molar-refractivity contribution in [3.63, 3.8) is 0 Å². The lowest BCUT2D eigenvalue weighted by atomic mass is 10.1. The zero-order chi connectivity index (χ0) is 14.4. The van der Waals surface area contributed by atoms with Crippen molar-refractivity contribution < 1.29 is 14.3 Å². The van der Waals surface area contributed by atoms with Crippen LogP contribution in [0.25, 0.3) is 11.3 Å². The molecular weight excluding hydrogens is 326 g/mol. The summed E-state index contributed by atoms with van der Waals surface area (Å²) in [5.74, 6) is 1.29. The molecule has 1 amide bonds. The largest absolute Gasteiger partial charge is 0.454 e. The van der Waals surface area contributed by atoms with Crippen LogP contribution >= 0.6 is 23.7 Å². The van der Waals surface area contributed by atoms with E-state index in [-0.39, 0.29) is 25.1 Å². The van der Waals surface area contributed by atoms with Crippen LogP contribution in [0.3, 0.4) is 0 Å². The quantitative estimate of drug-likeness (QED) is 0.896. The SMILES string of the molecule is Cl.NC1(C(=O)Nc2nc(-c3ccc4c(c3)OCO4)cs2)CC1. The second-order valence-corrected chi connectivity index (χ2v) is 6.07. The molecule has 22 heavy (non-hydrogen) atoms. The van der Waals surface area contributed by atoms with E-state index in [1.54, 1.807) is 0 Å². The molecular formula is C14H14ClN3O3S. The molecule has 6 nitrogen and oxygen atoms in total. The van der Waals surface area contributed by atoms with E-state index in [2.05, 4.69) is 10.3 Å². The van der Waals surface area contributed by atoms with Crippen LogP contribution < -0.4 is 20.5 Å². The zero-order valence-corrected chi connectivity index (χ0v) is 13.1. The van der Waals surface area contributed by atoms with Gasteiger partial charge in [-0.2, -0.15) is 0 Å². The van der Waals surface area contributed by atoms with E-state index in [1.807, 2.05) is 23.6 Å². The lowest BCUT2D eigenvalue weighted by molar-refractivity contribution is -0.118. The van der Waals surface area contributed by atoms with Crippen LogP contribution in [0.2, 0.25) is 0 Å². The molecule has 0 radical (unpaired) electrons. The number of benzene rings is 1. The van der Waals surface area contributed by atoms with Crippen LogP contribution in [-0.4, -0.2) is 23.2 Å². The van der Waals surface area contributed by atoms with Crippen molar-refractivity contribution in [3.05, 3.63) is 23.6 Å². The summed E-state index contributed by atoms with van der Waals surface area (Å²) in [6.45, 7) is 0.246. The number of nitrogens with one attached hydrogen (secondary N) is 1. The smallest absolute Gasteiger partial charge is 0.246 e. The topological polar surface area (TPSA) is 86.5 Å². The van der Waals surface area contributed by atoms with Crippen molar-refractivity contribution in [1.29, 1.82) is 0 Å². The summed E-state index contributed by atoms with van der Waals surface area (Å²) in [5.41, 5.74) is 6.87. The third-order valence-corrected chi connectivity index (χ3v) is 4.39. The minimum atomic E-state index is -0.690. The van der Waals surface area contributed by atoms with Crippen LogP contribution in [0, 0.1) is 0 Å². The monoisotopic (exact) mass is 339 g/mol. The minimum Gasteiger partial charge on any atom is -0.454 e. The maximum atomic E-state index is 11.9. The highest BCUT2D eigenvalue weighted by Crippen LogP contribution is 2.37. The predicted octanol–water partition coefficient (Wildman–Crippen LogP) is 2.39. The van der Waals surface area contributed by atoms with Crippen LogP contribution in [-0.2, 0) is 4.79 Å². The Morgan fingerprint density at radius 3 is 2.86 bits per heavy atom. The molecule has 1 aliphatic carbocycles. The van der Waals surface area contributed by atoms with E-state index < -0.39 is 5.54 Å². The standard InChI is InChI=1S/C14H13N3O3S.ClH/c15-14(3-4-14)12(18)17-13-16-9(6-21-13)8-1-2-10-11(5-8)20-7-19-10;/h1-2,5-6H,3-4,7,15H2,(H,16,17,18);1H. The summed E-state index contributed by atoms with van der Waals surface area (Å²) < 4.78 is 10.6. The summed E-state index contributed by atoms with van der Waals surface area (Å²) in [6, 6.07) is 5.65. The second-order valence-electron chi connectivity index (χ2n) is 5.22. The van der Waals surface area contributed by atoms with Crippen molar-refractivity contribution in [3.8, 4) is 22.8 Å². The number of anilines is 1. The molecule has 3 N–H and O–H groups in total. The molecule has 0 spiro atoms. The first-order chi connectivity index (χ1) is 10.1. The Labute approximate surface area is 137 Å². The molecule has 8 heteroatoms. The highest BCUT2D eigenvalue weighted by molar-refractivity contribution is 7.14. The van der Waals surface area contributed by atoms with E-state index in [4.69, 9.17) is 15.2 Å². The summed E-state index contributed by atoms with van der Waals surface area (Å²) in [4.78, 5) is 16.3. The average molecular weight is 340 g/mol. The number of rotatable bonds is 3. The number of halogens is 1. The van der Waals surface area contributed by atoms with E-state index >= 15 is 0 Å². The third-order valence-electron chi connectivity index (χ3n) is 3.63. The molecule has 0 unspecified atom stereocenters. The van der Waals surface area contributed by atoms with Gasteiger partial charge in [-0.25, -0.2) is 4.98 Å². The van der Waals surface area contributed by atoms with Gasteiger partial charge in [0, 0.05) is 10.9 Å². The Kier molecular flexibility index (Phi) is 3.72. The van der Waals surface area contributed by atoms with Gasteiger partial charge in [0.15, 0.2) is 16.6 Å². The number of aromatic nitrogens is 1. The number of hydrogen-bond donors (Lipinski definition) is 2. The van der Waals surface area contributed by atoms with Crippen molar-refractivity contribution in [2.24, 2.45) is 5.73 Å². The summed E-state index contributed by atoms with van der Waals surface area (Å²) in [6.07, 6.45) is 1.47. The van der Waals surface area contributed by atoms with Crippen LogP contribution in [0.1, 0.15) is 12.8 Å². The molecule has 4 rings (SSSR count). The molecule has 2 aliphatic rings. The Morgan fingerprint density at radius 2 is 2.09 bits per heavy atom. The zero-order valence-electron chi connectivity index (χ0n) is 11.5. The van der Waals surface area contributed by atoms with Gasteiger partial charge in [0.05, 0.1) is 11.2 Å².